The predicted octanol–water partition coefficient (Wildman–Crippen LogP) is 2.58. The molecule has 20 heavy (non-hydrogen) atoms. The van der Waals surface area contributed by atoms with Crippen molar-refractivity contribution in [3.63, 3.8) is 0 Å². The van der Waals surface area contributed by atoms with Crippen LogP contribution in [0.15, 0.2) is 42.6 Å². The van der Waals surface area contributed by atoms with Crippen LogP contribution in [0.5, 0.6) is 0 Å². The molecule has 2 heterocycles. The minimum atomic E-state index is -0.357. The van der Waals surface area contributed by atoms with Crippen LogP contribution >= 0.6 is 11.3 Å². The van der Waals surface area contributed by atoms with Gasteiger partial charge in [-0.1, -0.05) is 12.1 Å². The van der Waals surface area contributed by atoms with E-state index in [-0.39, 0.29) is 11.9 Å². The van der Waals surface area contributed by atoms with Gasteiger partial charge in [-0.25, -0.2) is 9.37 Å². The first-order valence-corrected chi connectivity index (χ1v) is 7.00. The molecule has 4 nitrogen and oxygen atoms in total. The normalized spacial score (nSPS) is 12.7. The summed E-state index contributed by atoms with van der Waals surface area (Å²) in [5.41, 5.74) is 4.40. The van der Waals surface area contributed by atoms with Crippen molar-refractivity contribution in [1.29, 1.82) is 0 Å². The summed E-state index contributed by atoms with van der Waals surface area (Å²) in [4.78, 5) is 8.62. The Labute approximate surface area is 119 Å². The molecule has 3 aromatic rings. The van der Waals surface area contributed by atoms with Crippen LogP contribution in [0.2, 0.25) is 0 Å². The Morgan fingerprint density at radius 2 is 2.10 bits per heavy atom. The fraction of sp³-hybridized carbons (Fsp3) is 0.143. The number of nitrogens with zero attached hydrogens (tertiary/aromatic N) is 2. The topological polar surface area (TPSA) is 63.8 Å². The molecule has 0 amide bonds. The van der Waals surface area contributed by atoms with Crippen molar-refractivity contribution < 1.29 is 4.39 Å². The minimum Gasteiger partial charge on any atom is -0.271 e. The quantitative estimate of drug-likeness (QED) is 0.572. The van der Waals surface area contributed by atoms with Crippen LogP contribution in [-0.2, 0) is 6.42 Å². The average Bonchev–Trinajstić information content (AvgIpc) is 2.88. The second-order valence-electron chi connectivity index (χ2n) is 4.40. The van der Waals surface area contributed by atoms with Crippen molar-refractivity contribution >= 4 is 21.6 Å². The van der Waals surface area contributed by atoms with E-state index in [4.69, 9.17) is 5.84 Å². The average molecular weight is 288 g/mol. The first-order valence-electron chi connectivity index (χ1n) is 6.18. The van der Waals surface area contributed by atoms with E-state index in [0.717, 1.165) is 15.2 Å². The number of nitrogens with two attached hydrogens (primary N) is 1. The summed E-state index contributed by atoms with van der Waals surface area (Å²) < 4.78 is 14.0. The third kappa shape index (κ3) is 2.67. The summed E-state index contributed by atoms with van der Waals surface area (Å²) in [6, 6.07) is 10.8. The maximum Gasteiger partial charge on any atom is 0.141 e. The molecule has 1 aromatic carbocycles. The van der Waals surface area contributed by atoms with E-state index in [2.05, 4.69) is 15.4 Å². The number of benzene rings is 1. The first-order chi connectivity index (χ1) is 9.76. The number of hydrogen-bond acceptors (Lipinski definition) is 5. The number of rotatable bonds is 4. The van der Waals surface area contributed by atoms with E-state index in [1.807, 2.05) is 24.3 Å². The number of pyridine rings is 1. The molecular formula is C14H13FN4S. The summed E-state index contributed by atoms with van der Waals surface area (Å²) in [6.07, 6.45) is 1.81. The Hall–Kier alpha value is -1.89. The zero-order chi connectivity index (χ0) is 13.9. The molecule has 0 aliphatic carbocycles. The largest absolute Gasteiger partial charge is 0.271 e. The van der Waals surface area contributed by atoms with Gasteiger partial charge >= 0.3 is 0 Å². The van der Waals surface area contributed by atoms with Gasteiger partial charge in [-0.05, 0) is 24.3 Å². The van der Waals surface area contributed by atoms with Gasteiger partial charge < -0.3 is 0 Å². The monoisotopic (exact) mass is 288 g/mol. The maximum absolute atomic E-state index is 12.9. The number of hydrazine groups is 1. The van der Waals surface area contributed by atoms with Crippen molar-refractivity contribution in [1.82, 2.24) is 15.4 Å². The fourth-order valence-corrected chi connectivity index (χ4v) is 3.04. The summed E-state index contributed by atoms with van der Waals surface area (Å²) in [5.74, 6) is 5.22. The molecular weight excluding hydrogens is 275 g/mol. The van der Waals surface area contributed by atoms with Crippen molar-refractivity contribution in [3.8, 4) is 0 Å². The van der Waals surface area contributed by atoms with Crippen molar-refractivity contribution in [2.75, 3.05) is 0 Å². The summed E-state index contributed by atoms with van der Waals surface area (Å²) in [6.45, 7) is 0. The highest BCUT2D eigenvalue weighted by Gasteiger charge is 2.15. The molecule has 0 fully saturated rings. The molecule has 0 aliphatic heterocycles. The van der Waals surface area contributed by atoms with Gasteiger partial charge in [0.1, 0.15) is 5.82 Å². The molecule has 102 valence electrons. The van der Waals surface area contributed by atoms with Crippen LogP contribution < -0.4 is 11.3 Å². The molecule has 0 spiro atoms. The highest BCUT2D eigenvalue weighted by atomic mass is 32.1. The third-order valence-corrected chi connectivity index (χ3v) is 4.08. The van der Waals surface area contributed by atoms with Crippen LogP contribution in [0.25, 0.3) is 10.2 Å². The Kier molecular flexibility index (Phi) is 3.68. The smallest absolute Gasteiger partial charge is 0.141 e. The lowest BCUT2D eigenvalue weighted by Crippen LogP contribution is -2.30. The molecule has 0 aliphatic rings. The van der Waals surface area contributed by atoms with Gasteiger partial charge in [-0.3, -0.25) is 16.3 Å². The molecule has 6 heteroatoms. The van der Waals surface area contributed by atoms with E-state index >= 15 is 0 Å². The number of para-hydroxylation sites is 1. The summed E-state index contributed by atoms with van der Waals surface area (Å²) in [7, 11) is 0. The van der Waals surface area contributed by atoms with Crippen LogP contribution in [0.3, 0.4) is 0 Å². The number of nitrogens with one attached hydrogen (secondary N) is 1. The fourth-order valence-electron chi connectivity index (χ4n) is 2.02. The van der Waals surface area contributed by atoms with Gasteiger partial charge in [0.2, 0.25) is 0 Å². The van der Waals surface area contributed by atoms with Gasteiger partial charge in [0.05, 0.1) is 33.2 Å². The Morgan fingerprint density at radius 3 is 2.80 bits per heavy atom. The molecule has 1 unspecified atom stereocenters. The molecule has 0 saturated heterocycles. The Morgan fingerprint density at radius 1 is 1.25 bits per heavy atom. The lowest BCUT2D eigenvalue weighted by atomic mass is 10.1. The number of aromatic nitrogens is 2. The first kappa shape index (κ1) is 13.1. The number of fused-ring (bicyclic) bond motifs is 1. The number of thiazole rings is 1. The summed E-state index contributed by atoms with van der Waals surface area (Å²) >= 11 is 1.63. The van der Waals surface area contributed by atoms with Gasteiger partial charge in [0, 0.05) is 6.42 Å². The zero-order valence-electron chi connectivity index (χ0n) is 10.6. The van der Waals surface area contributed by atoms with Gasteiger partial charge in [-0.2, -0.15) is 0 Å². The minimum absolute atomic E-state index is 0.184. The predicted molar refractivity (Wildman–Crippen MR) is 77.6 cm³/mol. The van der Waals surface area contributed by atoms with E-state index in [0.29, 0.717) is 12.1 Å². The van der Waals surface area contributed by atoms with Crippen LogP contribution in [-0.4, -0.2) is 9.97 Å². The highest BCUT2D eigenvalue weighted by molar-refractivity contribution is 7.18. The van der Waals surface area contributed by atoms with E-state index in [1.54, 1.807) is 17.4 Å². The van der Waals surface area contributed by atoms with Gasteiger partial charge in [0.25, 0.3) is 0 Å². The molecule has 0 radical (unpaired) electrons. The van der Waals surface area contributed by atoms with E-state index < -0.39 is 0 Å². The van der Waals surface area contributed by atoms with Crippen LogP contribution in [0, 0.1) is 5.82 Å². The van der Waals surface area contributed by atoms with E-state index in [1.165, 1.54) is 12.3 Å². The molecule has 0 saturated carbocycles. The lowest BCUT2D eigenvalue weighted by molar-refractivity contribution is 0.532. The number of hydrogen-bond donors (Lipinski definition) is 2. The second kappa shape index (κ2) is 5.62. The Bertz CT molecular complexity index is 678. The van der Waals surface area contributed by atoms with Crippen molar-refractivity contribution in [3.05, 3.63) is 59.1 Å². The van der Waals surface area contributed by atoms with Crippen molar-refractivity contribution in [2.45, 2.75) is 12.5 Å². The SMILES string of the molecule is NNC(Cc1nc2ccccc2s1)c1ccc(F)cn1. The lowest BCUT2D eigenvalue weighted by Gasteiger charge is -2.13. The zero-order valence-corrected chi connectivity index (χ0v) is 11.4. The van der Waals surface area contributed by atoms with Gasteiger partial charge in [0.15, 0.2) is 0 Å². The molecule has 3 N–H and O–H groups in total. The molecule has 1 atom stereocenters. The van der Waals surface area contributed by atoms with E-state index in [9.17, 15) is 4.39 Å². The molecule has 3 rings (SSSR count). The summed E-state index contributed by atoms with van der Waals surface area (Å²) in [5, 5.41) is 0.972. The standard InChI is InChI=1S/C14H13FN4S/c15-9-5-6-10(17-8-9)12(19-16)7-14-18-11-3-1-2-4-13(11)20-14/h1-6,8,12,19H,7,16H2. The molecule has 0 bridgehead atoms. The maximum atomic E-state index is 12.9. The van der Waals surface area contributed by atoms with Crippen molar-refractivity contribution in [2.24, 2.45) is 5.84 Å². The second-order valence-corrected chi connectivity index (χ2v) is 5.52. The highest BCUT2D eigenvalue weighted by Crippen LogP contribution is 2.25. The van der Waals surface area contributed by atoms with Crippen LogP contribution in [0.1, 0.15) is 16.7 Å². The third-order valence-electron chi connectivity index (χ3n) is 3.03. The molecule has 2 aromatic heterocycles. The van der Waals surface area contributed by atoms with Crippen LogP contribution in [0.4, 0.5) is 4.39 Å². The Balaban J connectivity index is 1.85. The van der Waals surface area contributed by atoms with Gasteiger partial charge in [-0.15, -0.1) is 11.3 Å². The number of halogens is 1.